The van der Waals surface area contributed by atoms with Gasteiger partial charge in [-0.05, 0) is 30.9 Å². The molecule has 1 saturated heterocycles. The molecule has 0 amide bonds. The molecule has 1 aliphatic rings. The highest BCUT2D eigenvalue weighted by atomic mass is 16.3. The Hall–Kier alpha value is -0.930. The van der Waals surface area contributed by atoms with Crippen LogP contribution in [0.2, 0.25) is 0 Å². The summed E-state index contributed by atoms with van der Waals surface area (Å²) in [6, 6.07) is 6.03. The lowest BCUT2D eigenvalue weighted by Gasteiger charge is -2.35. The normalized spacial score (nSPS) is 26.9. The number of hydrogen-bond donors (Lipinski definition) is 1. The van der Waals surface area contributed by atoms with Gasteiger partial charge in [0.1, 0.15) is 0 Å². The summed E-state index contributed by atoms with van der Waals surface area (Å²) >= 11 is 0. The first-order valence-corrected chi connectivity index (χ1v) is 6.10. The fourth-order valence-corrected chi connectivity index (χ4v) is 2.36. The summed E-state index contributed by atoms with van der Waals surface area (Å²) in [6.07, 6.45) is 3.68. The molecule has 0 radical (unpaired) electrons. The third kappa shape index (κ3) is 2.80. The quantitative estimate of drug-likeness (QED) is 0.842. The molecular formula is C13H20N2O. The van der Waals surface area contributed by atoms with Crippen molar-refractivity contribution in [1.82, 2.24) is 9.88 Å². The average molecular weight is 220 g/mol. The van der Waals surface area contributed by atoms with Crippen LogP contribution in [0, 0.1) is 5.92 Å². The standard InChI is InChI=1S/C13H20N2O/c1-2-11-9-15(8-6-13(11)16)10-12-5-3-4-7-14-12/h3-5,7,11,13,16H,2,6,8-10H2,1H3. The Morgan fingerprint density at radius 1 is 1.50 bits per heavy atom. The highest BCUT2D eigenvalue weighted by molar-refractivity contribution is 5.03. The summed E-state index contributed by atoms with van der Waals surface area (Å²) in [4.78, 5) is 6.73. The minimum Gasteiger partial charge on any atom is -0.393 e. The second-order valence-corrected chi connectivity index (χ2v) is 4.58. The molecule has 0 saturated carbocycles. The van der Waals surface area contributed by atoms with Crippen LogP contribution in [-0.4, -0.2) is 34.2 Å². The Morgan fingerprint density at radius 3 is 3.06 bits per heavy atom. The predicted octanol–water partition coefficient (Wildman–Crippen LogP) is 1.67. The molecule has 2 heterocycles. The first kappa shape index (κ1) is 11.6. The molecule has 16 heavy (non-hydrogen) atoms. The van der Waals surface area contributed by atoms with Gasteiger partial charge in [-0.1, -0.05) is 13.0 Å². The molecule has 2 unspecified atom stereocenters. The zero-order valence-corrected chi connectivity index (χ0v) is 9.84. The van der Waals surface area contributed by atoms with Crippen molar-refractivity contribution in [2.24, 2.45) is 5.92 Å². The molecule has 0 bridgehead atoms. The highest BCUT2D eigenvalue weighted by Crippen LogP contribution is 2.21. The molecule has 2 atom stereocenters. The lowest BCUT2D eigenvalue weighted by molar-refractivity contribution is 0.0217. The van der Waals surface area contributed by atoms with Crippen molar-refractivity contribution in [2.75, 3.05) is 13.1 Å². The summed E-state index contributed by atoms with van der Waals surface area (Å²) < 4.78 is 0. The molecule has 1 aromatic rings. The van der Waals surface area contributed by atoms with Crippen LogP contribution < -0.4 is 0 Å². The van der Waals surface area contributed by atoms with E-state index >= 15 is 0 Å². The van der Waals surface area contributed by atoms with Crippen molar-refractivity contribution in [1.29, 1.82) is 0 Å². The molecule has 1 N–H and O–H groups in total. The number of likely N-dealkylation sites (tertiary alicyclic amines) is 1. The fraction of sp³-hybridized carbons (Fsp3) is 0.615. The molecule has 3 heteroatoms. The van der Waals surface area contributed by atoms with Crippen molar-refractivity contribution in [2.45, 2.75) is 32.4 Å². The minimum atomic E-state index is -0.106. The molecule has 88 valence electrons. The number of aromatic nitrogens is 1. The fourth-order valence-electron chi connectivity index (χ4n) is 2.36. The van der Waals surface area contributed by atoms with Gasteiger partial charge in [0.25, 0.3) is 0 Å². The third-order valence-electron chi connectivity index (χ3n) is 3.41. The summed E-state index contributed by atoms with van der Waals surface area (Å²) in [7, 11) is 0. The van der Waals surface area contributed by atoms with E-state index in [1.165, 1.54) is 0 Å². The van der Waals surface area contributed by atoms with Gasteiger partial charge in [-0.3, -0.25) is 9.88 Å². The molecular weight excluding hydrogens is 200 g/mol. The predicted molar refractivity (Wildman–Crippen MR) is 63.9 cm³/mol. The number of pyridine rings is 1. The van der Waals surface area contributed by atoms with Gasteiger partial charge >= 0.3 is 0 Å². The summed E-state index contributed by atoms with van der Waals surface area (Å²) in [5.74, 6) is 0.428. The van der Waals surface area contributed by atoms with E-state index in [1.807, 2.05) is 18.3 Å². The number of piperidine rings is 1. The van der Waals surface area contributed by atoms with Gasteiger partial charge in [0, 0.05) is 25.8 Å². The van der Waals surface area contributed by atoms with Crippen LogP contribution in [-0.2, 0) is 6.54 Å². The van der Waals surface area contributed by atoms with Crippen LogP contribution >= 0.6 is 0 Å². The Balaban J connectivity index is 1.92. The second kappa shape index (κ2) is 5.41. The van der Waals surface area contributed by atoms with Crippen molar-refractivity contribution in [3.05, 3.63) is 30.1 Å². The van der Waals surface area contributed by atoms with Crippen molar-refractivity contribution >= 4 is 0 Å². The first-order valence-electron chi connectivity index (χ1n) is 6.10. The zero-order chi connectivity index (χ0) is 11.4. The molecule has 0 aliphatic carbocycles. The maximum atomic E-state index is 9.81. The van der Waals surface area contributed by atoms with E-state index in [1.54, 1.807) is 0 Å². The minimum absolute atomic E-state index is 0.106. The largest absolute Gasteiger partial charge is 0.393 e. The number of rotatable bonds is 3. The van der Waals surface area contributed by atoms with Gasteiger partial charge in [0.05, 0.1) is 11.8 Å². The van der Waals surface area contributed by atoms with Gasteiger partial charge in [-0.2, -0.15) is 0 Å². The molecule has 0 spiro atoms. The van der Waals surface area contributed by atoms with Crippen LogP contribution in [0.15, 0.2) is 24.4 Å². The SMILES string of the molecule is CCC1CN(Cc2ccccn2)CCC1O. The van der Waals surface area contributed by atoms with Gasteiger partial charge in [-0.15, -0.1) is 0 Å². The molecule has 1 fully saturated rings. The van der Waals surface area contributed by atoms with Crippen molar-refractivity contribution in [3.8, 4) is 0 Å². The second-order valence-electron chi connectivity index (χ2n) is 4.58. The summed E-state index contributed by atoms with van der Waals surface area (Å²) in [6.45, 7) is 5.03. The molecule has 0 aromatic carbocycles. The van der Waals surface area contributed by atoms with Crippen LogP contribution in [0.1, 0.15) is 25.5 Å². The van der Waals surface area contributed by atoms with E-state index < -0.39 is 0 Å². The van der Waals surface area contributed by atoms with E-state index in [-0.39, 0.29) is 6.10 Å². The highest BCUT2D eigenvalue weighted by Gasteiger charge is 2.26. The monoisotopic (exact) mass is 220 g/mol. The maximum Gasteiger partial charge on any atom is 0.0592 e. The van der Waals surface area contributed by atoms with Crippen molar-refractivity contribution < 1.29 is 5.11 Å². The van der Waals surface area contributed by atoms with E-state index in [0.717, 1.165) is 38.2 Å². The number of aliphatic hydroxyl groups is 1. The zero-order valence-electron chi connectivity index (χ0n) is 9.84. The topological polar surface area (TPSA) is 36.4 Å². The Labute approximate surface area is 97.1 Å². The first-order chi connectivity index (χ1) is 7.79. The van der Waals surface area contributed by atoms with Crippen LogP contribution in [0.25, 0.3) is 0 Å². The number of nitrogens with zero attached hydrogens (tertiary/aromatic N) is 2. The lowest BCUT2D eigenvalue weighted by atomic mass is 9.92. The Kier molecular flexibility index (Phi) is 3.91. The molecule has 1 aromatic heterocycles. The van der Waals surface area contributed by atoms with E-state index in [0.29, 0.717) is 5.92 Å². The van der Waals surface area contributed by atoms with Gasteiger partial charge in [-0.25, -0.2) is 0 Å². The van der Waals surface area contributed by atoms with E-state index in [9.17, 15) is 5.11 Å². The van der Waals surface area contributed by atoms with Crippen LogP contribution in [0.5, 0.6) is 0 Å². The summed E-state index contributed by atoms with van der Waals surface area (Å²) in [5.41, 5.74) is 1.12. The number of hydrogen-bond acceptors (Lipinski definition) is 3. The van der Waals surface area contributed by atoms with Crippen LogP contribution in [0.3, 0.4) is 0 Å². The molecule has 1 aliphatic heterocycles. The molecule has 2 rings (SSSR count). The van der Waals surface area contributed by atoms with Crippen LogP contribution in [0.4, 0.5) is 0 Å². The van der Waals surface area contributed by atoms with E-state index in [2.05, 4.69) is 22.9 Å². The Morgan fingerprint density at radius 2 is 2.38 bits per heavy atom. The van der Waals surface area contributed by atoms with Gasteiger partial charge in [0.15, 0.2) is 0 Å². The van der Waals surface area contributed by atoms with Crippen molar-refractivity contribution in [3.63, 3.8) is 0 Å². The smallest absolute Gasteiger partial charge is 0.0592 e. The average Bonchev–Trinajstić information content (AvgIpc) is 2.33. The van der Waals surface area contributed by atoms with E-state index in [4.69, 9.17) is 0 Å². The Bertz CT molecular complexity index is 315. The third-order valence-corrected chi connectivity index (χ3v) is 3.41. The molecule has 3 nitrogen and oxygen atoms in total. The lowest BCUT2D eigenvalue weighted by Crippen LogP contribution is -2.42. The summed E-state index contributed by atoms with van der Waals surface area (Å²) in [5, 5.41) is 9.81. The van der Waals surface area contributed by atoms with Gasteiger partial charge in [0.2, 0.25) is 0 Å². The number of aliphatic hydroxyl groups excluding tert-OH is 1. The van der Waals surface area contributed by atoms with Gasteiger partial charge < -0.3 is 5.11 Å². The maximum absolute atomic E-state index is 9.81.